The average Bonchev–Trinajstić information content (AvgIpc) is 2.38. The molecule has 0 saturated carbocycles. The first-order valence-corrected chi connectivity index (χ1v) is 5.66. The second-order valence-electron chi connectivity index (χ2n) is 3.92. The van der Waals surface area contributed by atoms with Gasteiger partial charge in [0.25, 0.3) is 5.91 Å². The minimum absolute atomic E-state index is 0.0895. The quantitative estimate of drug-likeness (QED) is 0.739. The third-order valence-electron chi connectivity index (χ3n) is 2.55. The Balaban J connectivity index is 2.95. The third kappa shape index (κ3) is 3.68. The molecule has 0 atom stereocenters. The molecule has 0 aliphatic rings. The van der Waals surface area contributed by atoms with E-state index in [0.717, 1.165) is 5.56 Å². The monoisotopic (exact) mass is 253 g/mol. The molecule has 0 bridgehead atoms. The Kier molecular flexibility index (Phi) is 5.54. The van der Waals surface area contributed by atoms with Crippen molar-refractivity contribution in [2.45, 2.75) is 6.54 Å². The van der Waals surface area contributed by atoms with Crippen LogP contribution in [0.4, 0.5) is 0 Å². The van der Waals surface area contributed by atoms with Gasteiger partial charge in [0.15, 0.2) is 0 Å². The average molecular weight is 253 g/mol. The number of methoxy groups -OCH3 is 1. The first-order chi connectivity index (χ1) is 8.62. The molecule has 18 heavy (non-hydrogen) atoms. The van der Waals surface area contributed by atoms with Crippen molar-refractivity contribution < 1.29 is 14.6 Å². The fourth-order valence-corrected chi connectivity index (χ4v) is 1.58. The molecule has 0 unspecified atom stereocenters. The number of carbonyl (C=O) groups excluding carboxylic acids is 1. The van der Waals surface area contributed by atoms with Gasteiger partial charge in [-0.3, -0.25) is 9.69 Å². The van der Waals surface area contributed by atoms with Crippen molar-refractivity contribution in [3.05, 3.63) is 23.5 Å². The number of rotatable bonds is 6. The second kappa shape index (κ2) is 6.93. The summed E-state index contributed by atoms with van der Waals surface area (Å²) >= 11 is 0. The van der Waals surface area contributed by atoms with Crippen LogP contribution in [0.15, 0.2) is 12.3 Å². The number of nitrogens with zero attached hydrogens (tertiary/aromatic N) is 2. The molecule has 1 heterocycles. The second-order valence-corrected chi connectivity index (χ2v) is 3.92. The number of aliphatic hydroxyl groups excluding tert-OH is 1. The minimum atomic E-state index is -0.233. The highest BCUT2D eigenvalue weighted by Gasteiger charge is 2.12. The highest BCUT2D eigenvalue weighted by atomic mass is 16.5. The lowest BCUT2D eigenvalue weighted by Crippen LogP contribution is -2.23. The number of aromatic nitrogens is 1. The SMILES string of the molecule is CNC(=O)c1cc(CN(C)CCO)c(OC)cn1. The van der Waals surface area contributed by atoms with Crippen LogP contribution in [0.1, 0.15) is 16.1 Å². The van der Waals surface area contributed by atoms with Crippen molar-refractivity contribution in [3.8, 4) is 5.75 Å². The molecule has 0 aromatic carbocycles. The van der Waals surface area contributed by atoms with Crippen LogP contribution in [0.25, 0.3) is 0 Å². The summed E-state index contributed by atoms with van der Waals surface area (Å²) in [5.41, 5.74) is 1.22. The standard InChI is InChI=1S/C12H19N3O3/c1-13-12(17)10-6-9(8-15(2)4-5-16)11(18-3)7-14-10/h6-7,16H,4-5,8H2,1-3H3,(H,13,17). The van der Waals surface area contributed by atoms with Crippen molar-refractivity contribution in [3.63, 3.8) is 0 Å². The van der Waals surface area contributed by atoms with Crippen molar-refractivity contribution in [2.75, 3.05) is 34.4 Å². The topological polar surface area (TPSA) is 74.7 Å². The number of ether oxygens (including phenoxy) is 1. The van der Waals surface area contributed by atoms with Gasteiger partial charge in [-0.2, -0.15) is 0 Å². The van der Waals surface area contributed by atoms with Crippen LogP contribution >= 0.6 is 0 Å². The van der Waals surface area contributed by atoms with Crippen molar-refractivity contribution in [1.82, 2.24) is 15.2 Å². The Morgan fingerprint density at radius 3 is 2.89 bits per heavy atom. The zero-order valence-corrected chi connectivity index (χ0v) is 10.9. The zero-order chi connectivity index (χ0) is 13.5. The summed E-state index contributed by atoms with van der Waals surface area (Å²) in [6.07, 6.45) is 1.53. The normalized spacial score (nSPS) is 10.5. The predicted octanol–water partition coefficient (Wildman–Crippen LogP) is -0.126. The Morgan fingerprint density at radius 2 is 2.33 bits per heavy atom. The maximum Gasteiger partial charge on any atom is 0.269 e. The molecule has 1 aromatic heterocycles. The molecule has 0 fully saturated rings. The summed E-state index contributed by atoms with van der Waals surface area (Å²) in [4.78, 5) is 17.5. The number of amides is 1. The Hall–Kier alpha value is -1.66. The molecular formula is C12H19N3O3. The summed E-state index contributed by atoms with van der Waals surface area (Å²) in [7, 11) is 5.01. The van der Waals surface area contributed by atoms with E-state index in [9.17, 15) is 4.79 Å². The minimum Gasteiger partial charge on any atom is -0.495 e. The molecule has 1 amide bonds. The summed E-state index contributed by atoms with van der Waals surface area (Å²) in [5.74, 6) is 0.399. The summed E-state index contributed by atoms with van der Waals surface area (Å²) < 4.78 is 5.21. The summed E-state index contributed by atoms with van der Waals surface area (Å²) in [6.45, 7) is 1.23. The van der Waals surface area contributed by atoms with Crippen LogP contribution < -0.4 is 10.1 Å². The summed E-state index contributed by atoms with van der Waals surface area (Å²) in [6, 6.07) is 1.70. The van der Waals surface area contributed by atoms with Gasteiger partial charge in [-0.15, -0.1) is 0 Å². The van der Waals surface area contributed by atoms with E-state index in [4.69, 9.17) is 9.84 Å². The number of aliphatic hydroxyl groups is 1. The maximum atomic E-state index is 11.5. The lowest BCUT2D eigenvalue weighted by molar-refractivity contribution is 0.0958. The van der Waals surface area contributed by atoms with Crippen LogP contribution in [0.5, 0.6) is 5.75 Å². The lowest BCUT2D eigenvalue weighted by atomic mass is 10.2. The van der Waals surface area contributed by atoms with Crippen LogP contribution in [-0.4, -0.2) is 55.3 Å². The van der Waals surface area contributed by atoms with E-state index in [0.29, 0.717) is 24.5 Å². The van der Waals surface area contributed by atoms with Gasteiger partial charge >= 0.3 is 0 Å². The smallest absolute Gasteiger partial charge is 0.269 e. The molecule has 0 spiro atoms. The molecule has 1 rings (SSSR count). The molecular weight excluding hydrogens is 234 g/mol. The number of carbonyl (C=O) groups is 1. The van der Waals surface area contributed by atoms with Gasteiger partial charge in [-0.1, -0.05) is 0 Å². The molecule has 6 heteroatoms. The molecule has 100 valence electrons. The van der Waals surface area contributed by atoms with Gasteiger partial charge in [0.1, 0.15) is 11.4 Å². The van der Waals surface area contributed by atoms with Crippen LogP contribution in [0.3, 0.4) is 0 Å². The van der Waals surface area contributed by atoms with Crippen molar-refractivity contribution in [2.24, 2.45) is 0 Å². The van der Waals surface area contributed by atoms with Gasteiger partial charge in [0.05, 0.1) is 19.9 Å². The molecule has 1 aromatic rings. The van der Waals surface area contributed by atoms with Gasteiger partial charge in [0, 0.05) is 25.7 Å². The predicted molar refractivity (Wildman–Crippen MR) is 67.6 cm³/mol. The van der Waals surface area contributed by atoms with Gasteiger partial charge in [-0.05, 0) is 13.1 Å². The van der Waals surface area contributed by atoms with E-state index in [1.165, 1.54) is 6.20 Å². The van der Waals surface area contributed by atoms with E-state index >= 15 is 0 Å². The number of pyridine rings is 1. The van der Waals surface area contributed by atoms with E-state index in [2.05, 4.69) is 10.3 Å². The van der Waals surface area contributed by atoms with Crippen molar-refractivity contribution >= 4 is 5.91 Å². The van der Waals surface area contributed by atoms with Crippen molar-refractivity contribution in [1.29, 1.82) is 0 Å². The first-order valence-electron chi connectivity index (χ1n) is 5.66. The van der Waals surface area contributed by atoms with Gasteiger partial charge in [0.2, 0.25) is 0 Å². The molecule has 0 saturated heterocycles. The molecule has 0 aliphatic heterocycles. The largest absolute Gasteiger partial charge is 0.495 e. The molecule has 0 radical (unpaired) electrons. The van der Waals surface area contributed by atoms with E-state index < -0.39 is 0 Å². The highest BCUT2D eigenvalue weighted by Crippen LogP contribution is 2.19. The molecule has 0 aliphatic carbocycles. The number of hydrogen-bond donors (Lipinski definition) is 2. The van der Waals surface area contributed by atoms with Crippen LogP contribution in [0.2, 0.25) is 0 Å². The molecule has 2 N–H and O–H groups in total. The van der Waals surface area contributed by atoms with Gasteiger partial charge in [-0.25, -0.2) is 4.98 Å². The molecule has 6 nitrogen and oxygen atoms in total. The Morgan fingerprint density at radius 1 is 1.61 bits per heavy atom. The maximum absolute atomic E-state index is 11.5. The van der Waals surface area contributed by atoms with Crippen LogP contribution in [0, 0.1) is 0 Å². The number of hydrogen-bond acceptors (Lipinski definition) is 5. The Labute approximate surface area is 107 Å². The van der Waals surface area contributed by atoms with E-state index in [-0.39, 0.29) is 12.5 Å². The van der Waals surface area contributed by atoms with E-state index in [1.807, 2.05) is 11.9 Å². The van der Waals surface area contributed by atoms with E-state index in [1.54, 1.807) is 20.2 Å². The van der Waals surface area contributed by atoms with Gasteiger partial charge < -0.3 is 15.2 Å². The first kappa shape index (κ1) is 14.4. The fourth-order valence-electron chi connectivity index (χ4n) is 1.58. The fraction of sp³-hybridized carbons (Fsp3) is 0.500. The Bertz CT molecular complexity index is 410. The van der Waals surface area contributed by atoms with Crippen LogP contribution in [-0.2, 0) is 6.54 Å². The highest BCUT2D eigenvalue weighted by molar-refractivity contribution is 5.92. The third-order valence-corrected chi connectivity index (χ3v) is 2.55. The number of nitrogens with one attached hydrogen (secondary N) is 1. The summed E-state index contributed by atoms with van der Waals surface area (Å²) in [5, 5.41) is 11.4. The number of likely N-dealkylation sites (N-methyl/N-ethyl adjacent to an activating group) is 1. The zero-order valence-electron chi connectivity index (χ0n) is 10.9. The lowest BCUT2D eigenvalue weighted by Gasteiger charge is -2.17.